The first kappa shape index (κ1) is 17.4. The van der Waals surface area contributed by atoms with Gasteiger partial charge in [0.2, 0.25) is 0 Å². The number of aromatic nitrogens is 2. The standard InChI is InChI=1S/C22H25N5O/c28-22(21-19-14-23-9-8-20(19)24-25-21)27-12-10-26(11-13-27)15-17-6-3-5-16-4-1-2-7-18(16)17/h1-7,23H,8-15H2,(H,24,25). The summed E-state index contributed by atoms with van der Waals surface area (Å²) >= 11 is 0. The summed E-state index contributed by atoms with van der Waals surface area (Å²) in [6, 6.07) is 15.0. The van der Waals surface area contributed by atoms with Gasteiger partial charge in [0.05, 0.1) is 0 Å². The number of carbonyl (C=O) groups excluding carboxylic acids is 1. The van der Waals surface area contributed by atoms with Crippen molar-refractivity contribution in [1.29, 1.82) is 0 Å². The van der Waals surface area contributed by atoms with E-state index in [0.717, 1.165) is 63.5 Å². The monoisotopic (exact) mass is 375 g/mol. The predicted octanol–water partition coefficient (Wildman–Crippen LogP) is 2.17. The summed E-state index contributed by atoms with van der Waals surface area (Å²) in [7, 11) is 0. The molecule has 0 spiro atoms. The van der Waals surface area contributed by atoms with Gasteiger partial charge in [0, 0.05) is 63.5 Å². The second kappa shape index (κ2) is 7.37. The summed E-state index contributed by atoms with van der Waals surface area (Å²) < 4.78 is 0. The molecular formula is C22H25N5O. The molecule has 3 aromatic rings. The first-order valence-electron chi connectivity index (χ1n) is 10.0. The Labute approximate surface area is 164 Å². The lowest BCUT2D eigenvalue weighted by Gasteiger charge is -2.34. The molecule has 3 heterocycles. The molecule has 2 N–H and O–H groups in total. The summed E-state index contributed by atoms with van der Waals surface area (Å²) in [5.41, 5.74) is 4.11. The summed E-state index contributed by atoms with van der Waals surface area (Å²) in [6.07, 6.45) is 0.911. The average molecular weight is 375 g/mol. The van der Waals surface area contributed by atoms with Crippen LogP contribution in [0.15, 0.2) is 42.5 Å². The molecule has 1 fully saturated rings. The Morgan fingerprint density at radius 3 is 2.75 bits per heavy atom. The number of nitrogens with zero attached hydrogens (tertiary/aromatic N) is 3. The van der Waals surface area contributed by atoms with Gasteiger partial charge in [-0.1, -0.05) is 42.5 Å². The zero-order chi connectivity index (χ0) is 18.9. The highest BCUT2D eigenvalue weighted by molar-refractivity contribution is 5.94. The fourth-order valence-electron chi connectivity index (χ4n) is 4.33. The zero-order valence-electron chi connectivity index (χ0n) is 15.9. The number of nitrogens with one attached hydrogen (secondary N) is 2. The highest BCUT2D eigenvalue weighted by atomic mass is 16.2. The van der Waals surface area contributed by atoms with E-state index in [-0.39, 0.29) is 5.91 Å². The lowest BCUT2D eigenvalue weighted by Crippen LogP contribution is -2.48. The van der Waals surface area contributed by atoms with Crippen LogP contribution >= 0.6 is 0 Å². The third kappa shape index (κ3) is 3.19. The topological polar surface area (TPSA) is 64.3 Å². The van der Waals surface area contributed by atoms with E-state index in [9.17, 15) is 4.79 Å². The Kier molecular flexibility index (Phi) is 4.58. The van der Waals surface area contributed by atoms with Gasteiger partial charge in [-0.05, 0) is 16.3 Å². The number of benzene rings is 2. The molecule has 0 radical (unpaired) electrons. The van der Waals surface area contributed by atoms with Crippen LogP contribution in [0.25, 0.3) is 10.8 Å². The van der Waals surface area contributed by atoms with Crippen molar-refractivity contribution in [2.45, 2.75) is 19.5 Å². The van der Waals surface area contributed by atoms with Gasteiger partial charge in [0.15, 0.2) is 5.69 Å². The quantitative estimate of drug-likeness (QED) is 0.736. The van der Waals surface area contributed by atoms with Gasteiger partial charge in [0.1, 0.15) is 0 Å². The SMILES string of the molecule is O=C(c1n[nH]c2c1CNCC2)N1CCN(Cc2cccc3ccccc23)CC1. The zero-order valence-corrected chi connectivity index (χ0v) is 15.9. The van der Waals surface area contributed by atoms with Gasteiger partial charge < -0.3 is 10.2 Å². The fraction of sp³-hybridized carbons (Fsp3) is 0.364. The number of aromatic amines is 1. The number of piperazine rings is 1. The van der Waals surface area contributed by atoms with Crippen LogP contribution in [-0.2, 0) is 19.5 Å². The van der Waals surface area contributed by atoms with Crippen molar-refractivity contribution in [3.05, 3.63) is 65.0 Å². The van der Waals surface area contributed by atoms with E-state index in [1.165, 1.54) is 16.3 Å². The van der Waals surface area contributed by atoms with Gasteiger partial charge in [-0.2, -0.15) is 5.10 Å². The summed E-state index contributed by atoms with van der Waals surface area (Å²) in [4.78, 5) is 17.4. The van der Waals surface area contributed by atoms with Crippen molar-refractivity contribution in [2.24, 2.45) is 0 Å². The van der Waals surface area contributed by atoms with Gasteiger partial charge in [-0.25, -0.2) is 0 Å². The minimum Gasteiger partial charge on any atom is -0.335 e. The lowest BCUT2D eigenvalue weighted by atomic mass is 10.0. The maximum Gasteiger partial charge on any atom is 0.274 e. The Hall–Kier alpha value is -2.70. The molecule has 144 valence electrons. The maximum absolute atomic E-state index is 13.0. The molecule has 0 saturated carbocycles. The summed E-state index contributed by atoms with van der Waals surface area (Å²) in [5, 5.41) is 13.3. The van der Waals surface area contributed by atoms with Crippen LogP contribution in [0.1, 0.15) is 27.3 Å². The van der Waals surface area contributed by atoms with Crippen molar-refractivity contribution in [3.8, 4) is 0 Å². The molecule has 0 bridgehead atoms. The van der Waals surface area contributed by atoms with Crippen LogP contribution in [-0.4, -0.2) is 58.6 Å². The second-order valence-electron chi connectivity index (χ2n) is 7.66. The van der Waals surface area contributed by atoms with E-state index in [1.807, 2.05) is 4.90 Å². The Balaban J connectivity index is 1.25. The van der Waals surface area contributed by atoms with Crippen LogP contribution in [0.5, 0.6) is 0 Å². The van der Waals surface area contributed by atoms with Crippen molar-refractivity contribution in [2.75, 3.05) is 32.7 Å². The van der Waals surface area contributed by atoms with Crippen molar-refractivity contribution >= 4 is 16.7 Å². The van der Waals surface area contributed by atoms with E-state index in [4.69, 9.17) is 0 Å². The second-order valence-corrected chi connectivity index (χ2v) is 7.66. The van der Waals surface area contributed by atoms with E-state index in [0.29, 0.717) is 5.69 Å². The Morgan fingerprint density at radius 1 is 1.04 bits per heavy atom. The molecule has 1 amide bonds. The number of amides is 1. The number of H-pyrrole nitrogens is 1. The van der Waals surface area contributed by atoms with Gasteiger partial charge in [0.25, 0.3) is 5.91 Å². The van der Waals surface area contributed by atoms with Gasteiger partial charge in [-0.3, -0.25) is 14.8 Å². The molecule has 1 aromatic heterocycles. The average Bonchev–Trinajstić information content (AvgIpc) is 3.18. The largest absolute Gasteiger partial charge is 0.335 e. The fourth-order valence-corrected chi connectivity index (χ4v) is 4.33. The molecule has 6 nitrogen and oxygen atoms in total. The van der Waals surface area contributed by atoms with Crippen LogP contribution in [0.2, 0.25) is 0 Å². The summed E-state index contributed by atoms with van der Waals surface area (Å²) in [6.45, 7) is 5.87. The molecule has 2 aliphatic heterocycles. The first-order chi connectivity index (χ1) is 13.8. The van der Waals surface area contributed by atoms with Crippen molar-refractivity contribution in [3.63, 3.8) is 0 Å². The van der Waals surface area contributed by atoms with E-state index >= 15 is 0 Å². The molecule has 5 rings (SSSR count). The van der Waals surface area contributed by atoms with Crippen LogP contribution < -0.4 is 5.32 Å². The number of fused-ring (bicyclic) bond motifs is 2. The van der Waals surface area contributed by atoms with Crippen LogP contribution in [0, 0.1) is 0 Å². The molecule has 2 aliphatic rings. The van der Waals surface area contributed by atoms with Crippen LogP contribution in [0.4, 0.5) is 0 Å². The van der Waals surface area contributed by atoms with E-state index in [1.54, 1.807) is 0 Å². The number of hydrogen-bond donors (Lipinski definition) is 2. The van der Waals surface area contributed by atoms with E-state index in [2.05, 4.69) is 62.9 Å². The number of hydrogen-bond acceptors (Lipinski definition) is 4. The molecule has 6 heteroatoms. The molecule has 0 atom stereocenters. The van der Waals surface area contributed by atoms with Crippen molar-refractivity contribution < 1.29 is 4.79 Å². The molecule has 1 saturated heterocycles. The number of rotatable bonds is 3. The van der Waals surface area contributed by atoms with Crippen LogP contribution in [0.3, 0.4) is 0 Å². The lowest BCUT2D eigenvalue weighted by molar-refractivity contribution is 0.0622. The normalized spacial score (nSPS) is 17.6. The minimum atomic E-state index is 0.0611. The smallest absolute Gasteiger partial charge is 0.274 e. The Morgan fingerprint density at radius 2 is 1.86 bits per heavy atom. The molecular weight excluding hydrogens is 350 g/mol. The van der Waals surface area contributed by atoms with Crippen molar-refractivity contribution in [1.82, 2.24) is 25.3 Å². The maximum atomic E-state index is 13.0. The third-order valence-corrected chi connectivity index (χ3v) is 5.94. The minimum absolute atomic E-state index is 0.0611. The highest BCUT2D eigenvalue weighted by Gasteiger charge is 2.28. The summed E-state index contributed by atoms with van der Waals surface area (Å²) in [5.74, 6) is 0.0611. The molecule has 28 heavy (non-hydrogen) atoms. The first-order valence-corrected chi connectivity index (χ1v) is 10.0. The van der Waals surface area contributed by atoms with E-state index < -0.39 is 0 Å². The van der Waals surface area contributed by atoms with Gasteiger partial charge in [-0.15, -0.1) is 0 Å². The molecule has 0 aliphatic carbocycles. The molecule has 2 aromatic carbocycles. The Bertz CT molecular complexity index is 998. The third-order valence-electron chi connectivity index (χ3n) is 5.94. The number of carbonyl (C=O) groups is 1. The highest BCUT2D eigenvalue weighted by Crippen LogP contribution is 2.21. The predicted molar refractivity (Wildman–Crippen MR) is 109 cm³/mol. The molecule has 0 unspecified atom stereocenters. The van der Waals surface area contributed by atoms with Gasteiger partial charge >= 0.3 is 0 Å².